The molecule has 0 heterocycles. The zero-order valence-corrected chi connectivity index (χ0v) is 13.7. The summed E-state index contributed by atoms with van der Waals surface area (Å²) in [5.41, 5.74) is 4.61. The van der Waals surface area contributed by atoms with Gasteiger partial charge in [-0.1, -0.05) is 72.0 Å². The molecular formula is C17H26S. The summed E-state index contributed by atoms with van der Waals surface area (Å²) in [5.74, 6) is 0. The molecule has 0 N–H and O–H groups in total. The maximum Gasteiger partial charge on any atom is 0.0185 e. The van der Waals surface area contributed by atoms with Gasteiger partial charge in [-0.15, -0.1) is 0 Å². The first-order valence-corrected chi connectivity index (χ1v) is 7.39. The molecule has 100 valence electrons. The van der Waals surface area contributed by atoms with Gasteiger partial charge in [0.25, 0.3) is 0 Å². The Balaban J connectivity index is 3.52. The second kappa shape index (κ2) is 5.13. The molecule has 1 aromatic carbocycles. The fourth-order valence-corrected chi connectivity index (χ4v) is 3.28. The van der Waals surface area contributed by atoms with Crippen LogP contribution < -0.4 is 0 Å². The van der Waals surface area contributed by atoms with Gasteiger partial charge in [-0.3, -0.25) is 0 Å². The quantitative estimate of drug-likeness (QED) is 0.605. The number of benzene rings is 1. The minimum Gasteiger partial charge on any atom is -0.0981 e. The second-order valence-electron chi connectivity index (χ2n) is 6.90. The lowest BCUT2D eigenvalue weighted by atomic mass is 9.79. The topological polar surface area (TPSA) is 0 Å². The minimum atomic E-state index is 0.173. The molecule has 0 nitrogen and oxygen atoms in total. The largest absolute Gasteiger partial charge is 0.0981 e. The molecule has 0 bridgehead atoms. The average molecular weight is 262 g/mol. The third kappa shape index (κ3) is 3.20. The molecule has 1 heteroatoms. The van der Waals surface area contributed by atoms with Gasteiger partial charge in [-0.05, 0) is 39.9 Å². The number of rotatable bonds is 2. The van der Waals surface area contributed by atoms with Crippen LogP contribution in [-0.4, -0.2) is 0 Å². The summed E-state index contributed by atoms with van der Waals surface area (Å²) < 4.78 is 0. The Morgan fingerprint density at radius 2 is 1.39 bits per heavy atom. The Bertz CT molecular complexity index is 442. The molecule has 0 aliphatic rings. The normalized spacial score (nSPS) is 12.6. The first-order chi connectivity index (χ1) is 8.09. The van der Waals surface area contributed by atoms with Crippen molar-refractivity contribution in [3.63, 3.8) is 0 Å². The molecule has 0 atom stereocenters. The van der Waals surface area contributed by atoms with E-state index in [9.17, 15) is 0 Å². The molecule has 0 amide bonds. The first kappa shape index (κ1) is 15.4. The van der Waals surface area contributed by atoms with Crippen molar-refractivity contribution in [2.45, 2.75) is 64.2 Å². The van der Waals surface area contributed by atoms with E-state index < -0.39 is 0 Å². The van der Waals surface area contributed by atoms with Crippen molar-refractivity contribution in [3.05, 3.63) is 40.8 Å². The lowest BCUT2D eigenvalue weighted by Gasteiger charge is -2.29. The van der Waals surface area contributed by atoms with Crippen molar-refractivity contribution in [1.82, 2.24) is 0 Å². The molecule has 0 aliphatic heterocycles. The summed E-state index contributed by atoms with van der Waals surface area (Å²) in [6.07, 6.45) is 0. The molecular weight excluding hydrogens is 236 g/mol. The van der Waals surface area contributed by atoms with Crippen LogP contribution in [0.2, 0.25) is 0 Å². The van der Waals surface area contributed by atoms with E-state index in [2.05, 4.69) is 67.2 Å². The van der Waals surface area contributed by atoms with E-state index >= 15 is 0 Å². The third-order valence-electron chi connectivity index (χ3n) is 3.22. The zero-order valence-electron chi connectivity index (χ0n) is 12.8. The summed E-state index contributed by atoms with van der Waals surface area (Å²) in [6.45, 7) is 19.7. The predicted molar refractivity (Wildman–Crippen MR) is 84.6 cm³/mol. The van der Waals surface area contributed by atoms with Crippen molar-refractivity contribution >= 4 is 11.8 Å². The van der Waals surface area contributed by atoms with Crippen LogP contribution in [0.3, 0.4) is 0 Å². The Hall–Kier alpha value is -0.690. The van der Waals surface area contributed by atoms with E-state index in [4.69, 9.17) is 0 Å². The van der Waals surface area contributed by atoms with Crippen LogP contribution in [0.1, 0.15) is 58.2 Å². The smallest absolute Gasteiger partial charge is 0.0185 e. The number of thioether (sulfide) groups is 1. The standard InChI is InChI=1S/C17H26S/c1-9-18-15-12(2)13(16(3,4)5)10-11-14(15)17(6,7)8/h9-11H,1H2,2-8H3. The van der Waals surface area contributed by atoms with Gasteiger partial charge in [0.1, 0.15) is 0 Å². The predicted octanol–water partition coefficient (Wildman–Crippen LogP) is 5.83. The van der Waals surface area contributed by atoms with Crippen molar-refractivity contribution in [2.24, 2.45) is 0 Å². The molecule has 0 spiro atoms. The molecule has 0 aliphatic carbocycles. The van der Waals surface area contributed by atoms with Crippen LogP contribution in [0.15, 0.2) is 29.0 Å². The van der Waals surface area contributed by atoms with Crippen molar-refractivity contribution in [1.29, 1.82) is 0 Å². The highest BCUT2D eigenvalue weighted by Crippen LogP contribution is 2.39. The highest BCUT2D eigenvalue weighted by Gasteiger charge is 2.24. The van der Waals surface area contributed by atoms with Crippen LogP contribution in [0.25, 0.3) is 0 Å². The lowest BCUT2D eigenvalue weighted by molar-refractivity contribution is 0.561. The highest BCUT2D eigenvalue weighted by atomic mass is 32.2. The summed E-state index contributed by atoms with van der Waals surface area (Å²) in [6, 6.07) is 4.59. The van der Waals surface area contributed by atoms with Gasteiger partial charge in [-0.25, -0.2) is 0 Å². The summed E-state index contributed by atoms with van der Waals surface area (Å²) >= 11 is 1.75. The Morgan fingerprint density at radius 1 is 0.944 bits per heavy atom. The SMILES string of the molecule is C=CSc1c(C(C)(C)C)ccc(C(C)(C)C)c1C. The Labute approximate surface area is 117 Å². The number of hydrogen-bond acceptors (Lipinski definition) is 1. The molecule has 1 rings (SSSR count). The van der Waals surface area contributed by atoms with Gasteiger partial charge in [0.2, 0.25) is 0 Å². The van der Waals surface area contributed by atoms with Crippen LogP contribution in [-0.2, 0) is 10.8 Å². The second-order valence-corrected chi connectivity index (χ2v) is 7.88. The maximum atomic E-state index is 3.88. The first-order valence-electron chi connectivity index (χ1n) is 6.51. The molecule has 0 saturated heterocycles. The highest BCUT2D eigenvalue weighted by molar-refractivity contribution is 8.02. The van der Waals surface area contributed by atoms with Gasteiger partial charge in [0, 0.05) is 4.90 Å². The van der Waals surface area contributed by atoms with E-state index in [1.54, 1.807) is 11.8 Å². The summed E-state index contributed by atoms with van der Waals surface area (Å²) in [4.78, 5) is 1.38. The fraction of sp³-hybridized carbons (Fsp3) is 0.529. The molecule has 0 radical (unpaired) electrons. The van der Waals surface area contributed by atoms with E-state index in [1.807, 2.05) is 5.41 Å². The summed E-state index contributed by atoms with van der Waals surface area (Å²) in [5, 5.41) is 1.93. The van der Waals surface area contributed by atoms with Crippen LogP contribution in [0, 0.1) is 6.92 Å². The van der Waals surface area contributed by atoms with E-state index in [-0.39, 0.29) is 10.8 Å². The Morgan fingerprint density at radius 3 is 1.78 bits per heavy atom. The van der Waals surface area contributed by atoms with E-state index in [0.717, 1.165) is 0 Å². The van der Waals surface area contributed by atoms with Gasteiger partial charge in [0.05, 0.1) is 0 Å². The molecule has 0 fully saturated rings. The fourth-order valence-electron chi connectivity index (χ4n) is 2.33. The Kier molecular flexibility index (Phi) is 4.38. The zero-order chi connectivity index (χ0) is 14.1. The van der Waals surface area contributed by atoms with Gasteiger partial charge in [0.15, 0.2) is 0 Å². The number of hydrogen-bond donors (Lipinski definition) is 0. The maximum absolute atomic E-state index is 3.88. The minimum absolute atomic E-state index is 0.173. The average Bonchev–Trinajstić information content (AvgIpc) is 2.17. The van der Waals surface area contributed by atoms with E-state index in [0.29, 0.717) is 0 Å². The van der Waals surface area contributed by atoms with Crippen LogP contribution >= 0.6 is 11.8 Å². The third-order valence-corrected chi connectivity index (χ3v) is 4.15. The van der Waals surface area contributed by atoms with E-state index in [1.165, 1.54) is 21.6 Å². The monoisotopic (exact) mass is 262 g/mol. The van der Waals surface area contributed by atoms with Crippen molar-refractivity contribution in [2.75, 3.05) is 0 Å². The molecule has 0 unspecified atom stereocenters. The van der Waals surface area contributed by atoms with Crippen LogP contribution in [0.4, 0.5) is 0 Å². The van der Waals surface area contributed by atoms with Crippen molar-refractivity contribution < 1.29 is 0 Å². The van der Waals surface area contributed by atoms with Gasteiger partial charge >= 0.3 is 0 Å². The van der Waals surface area contributed by atoms with Gasteiger partial charge in [-0.2, -0.15) is 0 Å². The van der Waals surface area contributed by atoms with Crippen LogP contribution in [0.5, 0.6) is 0 Å². The van der Waals surface area contributed by atoms with Gasteiger partial charge < -0.3 is 0 Å². The molecule has 0 saturated carbocycles. The molecule has 1 aromatic rings. The molecule has 0 aromatic heterocycles. The lowest BCUT2D eigenvalue weighted by Crippen LogP contribution is -2.18. The molecule has 18 heavy (non-hydrogen) atoms. The van der Waals surface area contributed by atoms with Crippen molar-refractivity contribution in [3.8, 4) is 0 Å². The summed E-state index contributed by atoms with van der Waals surface area (Å²) in [7, 11) is 0.